The number of esters is 1. The Balaban J connectivity index is 1.69. The molecule has 1 amide bonds. The summed E-state index contributed by atoms with van der Waals surface area (Å²) in [5.41, 5.74) is 0.314. The number of sulfonamides is 1. The molecular weight excluding hydrogens is 408 g/mol. The molecule has 0 spiro atoms. The molecule has 0 radical (unpaired) electrons. The quantitative estimate of drug-likeness (QED) is 0.714. The van der Waals surface area contributed by atoms with Gasteiger partial charge in [0.15, 0.2) is 0 Å². The average molecular weight is 429 g/mol. The number of ether oxygens (including phenoxy) is 1. The van der Waals surface area contributed by atoms with Gasteiger partial charge in [-0.25, -0.2) is 13.2 Å². The first-order chi connectivity index (χ1) is 12.9. The maximum Gasteiger partial charge on any atom is 0.341 e. The van der Waals surface area contributed by atoms with Gasteiger partial charge >= 0.3 is 5.97 Å². The van der Waals surface area contributed by atoms with Gasteiger partial charge in [0, 0.05) is 13.1 Å². The third-order valence-electron chi connectivity index (χ3n) is 4.24. The Morgan fingerprint density at radius 1 is 1.30 bits per heavy atom. The monoisotopic (exact) mass is 428 g/mol. The molecule has 1 unspecified atom stereocenters. The van der Waals surface area contributed by atoms with Gasteiger partial charge in [0.05, 0.1) is 18.1 Å². The second kappa shape index (κ2) is 8.51. The molecule has 1 fully saturated rings. The molecule has 0 saturated carbocycles. The van der Waals surface area contributed by atoms with Crippen molar-refractivity contribution < 1.29 is 22.7 Å². The molecule has 0 aliphatic carbocycles. The summed E-state index contributed by atoms with van der Waals surface area (Å²) in [6.07, 6.45) is 1.21. The lowest BCUT2D eigenvalue weighted by Gasteiger charge is -2.30. The van der Waals surface area contributed by atoms with E-state index in [1.807, 2.05) is 0 Å². The van der Waals surface area contributed by atoms with Crippen LogP contribution in [0, 0.1) is 5.92 Å². The number of nitrogens with one attached hydrogen (secondary N) is 1. The predicted molar refractivity (Wildman–Crippen MR) is 105 cm³/mol. The van der Waals surface area contributed by atoms with Gasteiger partial charge in [-0.05, 0) is 42.7 Å². The number of anilines is 1. The first-order valence-electron chi connectivity index (χ1n) is 8.52. The maximum absolute atomic E-state index is 12.7. The van der Waals surface area contributed by atoms with Gasteiger partial charge in [-0.15, -0.1) is 22.7 Å². The molecule has 1 atom stereocenters. The summed E-state index contributed by atoms with van der Waals surface area (Å²) in [5.74, 6) is -1.24. The van der Waals surface area contributed by atoms with E-state index < -0.39 is 21.9 Å². The van der Waals surface area contributed by atoms with Crippen LogP contribution in [0.3, 0.4) is 0 Å². The van der Waals surface area contributed by atoms with Gasteiger partial charge in [0.25, 0.3) is 10.0 Å². The number of thiophene rings is 2. The fourth-order valence-electron chi connectivity index (χ4n) is 2.90. The van der Waals surface area contributed by atoms with E-state index in [9.17, 15) is 18.0 Å². The molecular formula is C17H20N2O5S3. The third-order valence-corrected chi connectivity index (χ3v) is 8.31. The summed E-state index contributed by atoms with van der Waals surface area (Å²) in [4.78, 5) is 24.6. The van der Waals surface area contributed by atoms with Crippen molar-refractivity contribution in [1.29, 1.82) is 0 Å². The van der Waals surface area contributed by atoms with Crippen molar-refractivity contribution in [3.05, 3.63) is 34.5 Å². The molecule has 3 rings (SSSR count). The van der Waals surface area contributed by atoms with Crippen LogP contribution in [-0.2, 0) is 19.6 Å². The number of nitrogens with zero attached hydrogens (tertiary/aromatic N) is 1. The number of hydrogen-bond donors (Lipinski definition) is 1. The first-order valence-corrected chi connectivity index (χ1v) is 11.7. The fraction of sp³-hybridized carbons (Fsp3) is 0.412. The lowest BCUT2D eigenvalue weighted by atomic mass is 9.99. The number of carbonyl (C=O) groups excluding carboxylic acids is 2. The molecule has 0 aromatic carbocycles. The van der Waals surface area contributed by atoms with Crippen molar-refractivity contribution in [1.82, 2.24) is 4.31 Å². The SMILES string of the molecule is CCOC(=O)c1ccsc1NC(=O)C1CCCN(S(=O)(=O)c2cccs2)C1. The van der Waals surface area contributed by atoms with Crippen LogP contribution in [0.1, 0.15) is 30.1 Å². The minimum atomic E-state index is -3.58. The van der Waals surface area contributed by atoms with Gasteiger partial charge in [-0.1, -0.05) is 6.07 Å². The summed E-state index contributed by atoms with van der Waals surface area (Å²) in [6.45, 7) is 2.50. The minimum absolute atomic E-state index is 0.131. The molecule has 10 heteroatoms. The van der Waals surface area contributed by atoms with Crippen molar-refractivity contribution in [2.75, 3.05) is 25.0 Å². The Labute approximate surface area is 166 Å². The van der Waals surface area contributed by atoms with Gasteiger partial charge in [-0.2, -0.15) is 4.31 Å². The van der Waals surface area contributed by atoms with E-state index in [2.05, 4.69) is 5.32 Å². The van der Waals surface area contributed by atoms with Crippen LogP contribution in [-0.4, -0.2) is 44.3 Å². The molecule has 146 valence electrons. The van der Waals surface area contributed by atoms with Crippen LogP contribution in [0.5, 0.6) is 0 Å². The number of piperidine rings is 1. The number of rotatable bonds is 6. The lowest BCUT2D eigenvalue weighted by Crippen LogP contribution is -2.43. The smallest absolute Gasteiger partial charge is 0.341 e. The van der Waals surface area contributed by atoms with Gasteiger partial charge in [0.1, 0.15) is 9.21 Å². The molecule has 2 aromatic rings. The number of amides is 1. The molecule has 2 aromatic heterocycles. The summed E-state index contributed by atoms with van der Waals surface area (Å²) in [7, 11) is -3.58. The molecule has 1 aliphatic rings. The Kier molecular flexibility index (Phi) is 6.30. The maximum atomic E-state index is 12.7. The normalized spacial score (nSPS) is 18.2. The van der Waals surface area contributed by atoms with Crippen molar-refractivity contribution in [2.24, 2.45) is 5.92 Å². The van der Waals surface area contributed by atoms with Gasteiger partial charge in [-0.3, -0.25) is 4.79 Å². The molecule has 27 heavy (non-hydrogen) atoms. The molecule has 1 aliphatic heterocycles. The standard InChI is InChI=1S/C17H20N2O5S3/c1-2-24-17(21)13-7-10-26-16(13)18-15(20)12-5-3-8-19(11-12)27(22,23)14-6-4-9-25-14/h4,6-7,9-10,12H,2-3,5,8,11H2,1H3,(H,18,20). The van der Waals surface area contributed by atoms with Crippen LogP contribution in [0.4, 0.5) is 5.00 Å². The highest BCUT2D eigenvalue weighted by Crippen LogP contribution is 2.29. The number of carbonyl (C=O) groups is 2. The summed E-state index contributed by atoms with van der Waals surface area (Å²) < 4.78 is 32.0. The van der Waals surface area contributed by atoms with Crippen molar-refractivity contribution in [3.8, 4) is 0 Å². The molecule has 3 heterocycles. The van der Waals surface area contributed by atoms with Gasteiger partial charge < -0.3 is 10.1 Å². The van der Waals surface area contributed by atoms with E-state index in [4.69, 9.17) is 4.74 Å². The Morgan fingerprint density at radius 3 is 2.81 bits per heavy atom. The molecule has 0 bridgehead atoms. The van der Waals surface area contributed by atoms with Gasteiger partial charge in [0.2, 0.25) is 5.91 Å². The van der Waals surface area contributed by atoms with E-state index >= 15 is 0 Å². The lowest BCUT2D eigenvalue weighted by molar-refractivity contribution is -0.120. The zero-order valence-electron chi connectivity index (χ0n) is 14.7. The largest absolute Gasteiger partial charge is 0.462 e. The van der Waals surface area contributed by atoms with E-state index in [1.165, 1.54) is 27.0 Å². The summed E-state index contributed by atoms with van der Waals surface area (Å²) in [6, 6.07) is 4.87. The molecule has 1 N–H and O–H groups in total. The van der Waals surface area contributed by atoms with Crippen LogP contribution in [0.15, 0.2) is 33.2 Å². The van der Waals surface area contributed by atoms with Crippen molar-refractivity contribution in [2.45, 2.75) is 24.0 Å². The summed E-state index contributed by atoms with van der Waals surface area (Å²) in [5, 5.41) is 6.62. The van der Waals surface area contributed by atoms with Crippen LogP contribution >= 0.6 is 22.7 Å². The second-order valence-electron chi connectivity index (χ2n) is 6.01. The molecule has 1 saturated heterocycles. The highest BCUT2D eigenvalue weighted by Gasteiger charge is 2.34. The summed E-state index contributed by atoms with van der Waals surface area (Å²) >= 11 is 2.40. The first kappa shape index (κ1) is 20.0. The Hall–Kier alpha value is -1.75. The number of hydrogen-bond acceptors (Lipinski definition) is 7. The van der Waals surface area contributed by atoms with E-state index in [-0.39, 0.29) is 23.3 Å². The zero-order chi connectivity index (χ0) is 19.4. The fourth-order valence-corrected chi connectivity index (χ4v) is 6.35. The van der Waals surface area contributed by atoms with E-state index in [0.29, 0.717) is 30.0 Å². The minimum Gasteiger partial charge on any atom is -0.462 e. The highest BCUT2D eigenvalue weighted by molar-refractivity contribution is 7.91. The Morgan fingerprint density at radius 2 is 2.11 bits per heavy atom. The second-order valence-corrected chi connectivity index (χ2v) is 10.0. The van der Waals surface area contributed by atoms with Crippen LogP contribution in [0.25, 0.3) is 0 Å². The van der Waals surface area contributed by atoms with Crippen LogP contribution < -0.4 is 5.32 Å². The highest BCUT2D eigenvalue weighted by atomic mass is 32.2. The average Bonchev–Trinajstić information content (AvgIpc) is 3.34. The zero-order valence-corrected chi connectivity index (χ0v) is 17.2. The topological polar surface area (TPSA) is 92.8 Å². The molecule has 7 nitrogen and oxygen atoms in total. The van der Waals surface area contributed by atoms with Crippen LogP contribution in [0.2, 0.25) is 0 Å². The van der Waals surface area contributed by atoms with Crippen molar-refractivity contribution in [3.63, 3.8) is 0 Å². The predicted octanol–water partition coefficient (Wildman–Crippen LogP) is 3.03. The third kappa shape index (κ3) is 4.40. The van der Waals surface area contributed by atoms with E-state index in [1.54, 1.807) is 35.9 Å². The van der Waals surface area contributed by atoms with Crippen molar-refractivity contribution >= 4 is 49.6 Å². The Bertz CT molecular complexity index is 905. The van der Waals surface area contributed by atoms with E-state index in [0.717, 1.165) is 0 Å².